The van der Waals surface area contributed by atoms with E-state index in [2.05, 4.69) is 32.2 Å². The van der Waals surface area contributed by atoms with E-state index in [9.17, 15) is 9.59 Å². The first-order valence-corrected chi connectivity index (χ1v) is 21.2. The number of urea groups is 1. The minimum Gasteiger partial charge on any atom is -0.484 e. The molecule has 3 aromatic heterocycles. The standard InChI is InChI=1S/C45H56FN9O5/c1-30-10-8-9-22-52(30)43-49-48-41-18-14-34(28-53(41)43)60-39-17-16-38(35-11-6-7-12-36(35)39)47-44(57)55(59-29-56)42-27-40(45(2,3)4)50-54(42)32-13-15-37(46)31(26-32)19-23-51-24-20-33(58-5)21-25-51/h6-7,11-15,18,26-30,33,38-39H,8-10,16-17,19-25H2,1-5H3,(H,47,57)/t30-,38-,39+/m0/s1. The van der Waals surface area contributed by atoms with Gasteiger partial charge in [0.2, 0.25) is 5.95 Å². The highest BCUT2D eigenvalue weighted by Crippen LogP contribution is 2.40. The van der Waals surface area contributed by atoms with Crippen LogP contribution in [-0.2, 0) is 26.2 Å². The monoisotopic (exact) mass is 821 g/mol. The van der Waals surface area contributed by atoms with Crippen molar-refractivity contribution in [2.24, 2.45) is 0 Å². The highest BCUT2D eigenvalue weighted by atomic mass is 19.1. The normalized spacial score (nSPS) is 20.2. The number of carbonyl (C=O) groups excluding carboxylic acids is 2. The second-order valence-corrected chi connectivity index (χ2v) is 17.3. The number of hydroxylamine groups is 1. The number of benzene rings is 2. The number of aromatic nitrogens is 5. The largest absolute Gasteiger partial charge is 0.484 e. The molecule has 2 amide bonds. The number of ether oxygens (including phenoxy) is 2. The lowest BCUT2D eigenvalue weighted by molar-refractivity contribution is -0.129. The fourth-order valence-electron chi connectivity index (χ4n) is 8.77. The lowest BCUT2D eigenvalue weighted by Gasteiger charge is -2.34. The van der Waals surface area contributed by atoms with E-state index < -0.39 is 17.5 Å². The molecule has 0 bridgehead atoms. The molecule has 5 heterocycles. The third-order valence-electron chi connectivity index (χ3n) is 12.3. The number of hydrogen-bond donors (Lipinski definition) is 1. The summed E-state index contributed by atoms with van der Waals surface area (Å²) >= 11 is 0. The third-order valence-corrected chi connectivity index (χ3v) is 12.3. The van der Waals surface area contributed by atoms with E-state index in [1.54, 1.807) is 30.0 Å². The molecule has 2 aromatic carbocycles. The average Bonchev–Trinajstić information content (AvgIpc) is 3.89. The van der Waals surface area contributed by atoms with Crippen LogP contribution in [0.2, 0.25) is 0 Å². The minimum absolute atomic E-state index is 0.205. The molecule has 8 rings (SSSR count). The van der Waals surface area contributed by atoms with Crippen molar-refractivity contribution in [1.29, 1.82) is 0 Å². The van der Waals surface area contributed by atoms with Crippen LogP contribution in [0.5, 0.6) is 5.75 Å². The fraction of sp³-hybridized carbons (Fsp3) is 0.489. The van der Waals surface area contributed by atoms with Crippen LogP contribution in [0, 0.1) is 5.82 Å². The van der Waals surface area contributed by atoms with E-state index >= 15 is 4.39 Å². The summed E-state index contributed by atoms with van der Waals surface area (Å²) in [6.07, 6.45) is 8.96. The summed E-state index contributed by atoms with van der Waals surface area (Å²) in [5.41, 5.74) is 3.90. The van der Waals surface area contributed by atoms with Gasteiger partial charge in [0.15, 0.2) is 11.5 Å². The molecule has 60 heavy (non-hydrogen) atoms. The number of piperidine rings is 2. The second kappa shape index (κ2) is 17.6. The number of fused-ring (bicyclic) bond motifs is 2. The molecule has 0 saturated carbocycles. The molecule has 0 radical (unpaired) electrons. The first-order chi connectivity index (χ1) is 29.0. The van der Waals surface area contributed by atoms with Gasteiger partial charge in [0, 0.05) is 50.8 Å². The fourth-order valence-corrected chi connectivity index (χ4v) is 8.77. The molecule has 1 N–H and O–H groups in total. The molecule has 5 aromatic rings. The van der Waals surface area contributed by atoms with Crippen molar-refractivity contribution in [1.82, 2.24) is 34.6 Å². The molecule has 2 saturated heterocycles. The number of pyridine rings is 1. The summed E-state index contributed by atoms with van der Waals surface area (Å²) < 4.78 is 31.1. The minimum atomic E-state index is -0.651. The molecule has 15 heteroatoms. The molecular weight excluding hydrogens is 766 g/mol. The van der Waals surface area contributed by atoms with Gasteiger partial charge in [-0.05, 0) is 105 Å². The average molecular weight is 822 g/mol. The van der Waals surface area contributed by atoms with Crippen LogP contribution >= 0.6 is 0 Å². The summed E-state index contributed by atoms with van der Waals surface area (Å²) in [7, 11) is 1.75. The van der Waals surface area contributed by atoms with Gasteiger partial charge in [0.05, 0.1) is 29.7 Å². The van der Waals surface area contributed by atoms with E-state index in [0.29, 0.717) is 54.5 Å². The number of carbonyl (C=O) groups is 2. The number of anilines is 2. The number of halogens is 1. The Hall–Kier alpha value is -5.54. The van der Waals surface area contributed by atoms with Crippen molar-refractivity contribution < 1.29 is 28.3 Å². The van der Waals surface area contributed by atoms with Crippen molar-refractivity contribution >= 4 is 29.9 Å². The molecule has 2 aliphatic heterocycles. The predicted molar refractivity (Wildman–Crippen MR) is 226 cm³/mol. The molecule has 0 spiro atoms. The molecule has 3 atom stereocenters. The van der Waals surface area contributed by atoms with Crippen LogP contribution in [0.15, 0.2) is 66.9 Å². The van der Waals surface area contributed by atoms with Gasteiger partial charge in [-0.1, -0.05) is 45.0 Å². The Morgan fingerprint density at radius 2 is 1.77 bits per heavy atom. The Labute approximate surface area is 350 Å². The Morgan fingerprint density at radius 3 is 2.52 bits per heavy atom. The number of likely N-dealkylation sites (tertiary alicyclic amines) is 1. The second-order valence-electron chi connectivity index (χ2n) is 17.3. The molecule has 1 aliphatic carbocycles. The van der Waals surface area contributed by atoms with E-state index in [1.807, 2.05) is 67.8 Å². The van der Waals surface area contributed by atoms with E-state index in [4.69, 9.17) is 19.4 Å². The van der Waals surface area contributed by atoms with Crippen LogP contribution in [0.25, 0.3) is 11.3 Å². The maximum Gasteiger partial charge on any atom is 0.357 e. The smallest absolute Gasteiger partial charge is 0.357 e. The summed E-state index contributed by atoms with van der Waals surface area (Å²) in [6, 6.07) is 17.6. The first kappa shape index (κ1) is 41.2. The van der Waals surface area contributed by atoms with E-state index in [1.165, 1.54) is 12.5 Å². The zero-order valence-corrected chi connectivity index (χ0v) is 35.2. The quantitative estimate of drug-likeness (QED) is 0.0990. The van der Waals surface area contributed by atoms with Crippen LogP contribution in [0.3, 0.4) is 0 Å². The van der Waals surface area contributed by atoms with Crippen LogP contribution < -0.4 is 20.0 Å². The van der Waals surface area contributed by atoms with E-state index in [-0.39, 0.29) is 30.3 Å². The van der Waals surface area contributed by atoms with Gasteiger partial charge in [-0.3, -0.25) is 9.20 Å². The summed E-state index contributed by atoms with van der Waals surface area (Å²) in [6.45, 7) is 11.9. The molecule has 0 unspecified atom stereocenters. The Morgan fingerprint density at radius 1 is 0.967 bits per heavy atom. The molecule has 14 nitrogen and oxygen atoms in total. The summed E-state index contributed by atoms with van der Waals surface area (Å²) in [5.74, 6) is 1.40. The third kappa shape index (κ3) is 8.69. The molecule has 318 valence electrons. The summed E-state index contributed by atoms with van der Waals surface area (Å²) in [4.78, 5) is 36.5. The highest BCUT2D eigenvalue weighted by Gasteiger charge is 2.34. The van der Waals surface area contributed by atoms with Crippen molar-refractivity contribution in [3.05, 3.63) is 95.1 Å². The van der Waals surface area contributed by atoms with Gasteiger partial charge in [0.1, 0.15) is 17.7 Å². The highest BCUT2D eigenvalue weighted by molar-refractivity contribution is 5.90. The lowest BCUT2D eigenvalue weighted by Crippen LogP contribution is -2.43. The number of methoxy groups -OCH3 is 1. The number of hydrogen-bond acceptors (Lipinski definition) is 10. The van der Waals surface area contributed by atoms with Gasteiger partial charge in [-0.25, -0.2) is 13.9 Å². The molecular formula is C45H56FN9O5. The van der Waals surface area contributed by atoms with Gasteiger partial charge >= 0.3 is 12.5 Å². The van der Waals surface area contributed by atoms with Gasteiger partial charge < -0.3 is 29.4 Å². The number of amides is 2. The maximum absolute atomic E-state index is 15.3. The van der Waals surface area contributed by atoms with Gasteiger partial charge in [-0.15, -0.1) is 15.3 Å². The SMILES string of the molecule is COC1CCN(CCc2cc(-n3nc(C(C)(C)C)cc3N(OC=O)C(=O)N[C@H]3CC[C@@H](Oc4ccc5nnc(N6CCCC[C@@H]6C)n5c4)c4ccccc43)ccc2F)CC1. The van der Waals surface area contributed by atoms with Crippen molar-refractivity contribution in [2.75, 3.05) is 43.3 Å². The van der Waals surface area contributed by atoms with Crippen LogP contribution in [0.4, 0.5) is 21.0 Å². The van der Waals surface area contributed by atoms with Gasteiger partial charge in [-0.2, -0.15) is 5.10 Å². The van der Waals surface area contributed by atoms with Crippen LogP contribution in [0.1, 0.15) is 107 Å². The number of nitrogens with one attached hydrogen (secondary N) is 1. The topological polar surface area (TPSA) is 132 Å². The number of rotatable bonds is 12. The maximum atomic E-state index is 15.3. The zero-order valence-electron chi connectivity index (χ0n) is 35.2. The molecule has 3 aliphatic rings. The predicted octanol–water partition coefficient (Wildman–Crippen LogP) is 7.64. The summed E-state index contributed by atoms with van der Waals surface area (Å²) in [5, 5.41) is 17.9. The van der Waals surface area contributed by atoms with Crippen molar-refractivity contribution in [3.63, 3.8) is 0 Å². The Bertz CT molecular complexity index is 2300. The first-order valence-electron chi connectivity index (χ1n) is 21.2. The molecule has 2 fully saturated rings. The number of nitrogens with zero attached hydrogens (tertiary/aromatic N) is 8. The van der Waals surface area contributed by atoms with Crippen molar-refractivity contribution in [3.8, 4) is 11.4 Å². The van der Waals surface area contributed by atoms with E-state index in [0.717, 1.165) is 73.1 Å². The lowest BCUT2D eigenvalue weighted by atomic mass is 9.85. The van der Waals surface area contributed by atoms with Crippen LogP contribution in [-0.4, -0.2) is 87.2 Å². The zero-order chi connectivity index (χ0) is 42.0. The Balaban J connectivity index is 1.02. The van der Waals surface area contributed by atoms with Gasteiger partial charge in [0.25, 0.3) is 0 Å². The Kier molecular flexibility index (Phi) is 12.1. The van der Waals surface area contributed by atoms with Crippen molar-refractivity contribution in [2.45, 2.75) is 109 Å².